The minimum absolute atomic E-state index is 0.00446. The highest BCUT2D eigenvalue weighted by atomic mass is 127. The molecule has 0 spiro atoms. The van der Waals surface area contributed by atoms with Crippen LogP contribution in [0.3, 0.4) is 0 Å². The number of aromatic hydroxyl groups is 1. The molecule has 0 fully saturated rings. The molecule has 0 bridgehead atoms. The molecule has 0 heterocycles. The van der Waals surface area contributed by atoms with E-state index in [1.165, 1.54) is 6.07 Å². The molecule has 0 saturated heterocycles. The van der Waals surface area contributed by atoms with Crippen LogP contribution >= 0.6 is 22.6 Å². The lowest BCUT2D eigenvalue weighted by Gasteiger charge is -2.16. The third-order valence-electron chi connectivity index (χ3n) is 2.40. The largest absolute Gasteiger partial charge is 0.507 e. The number of phenols is 1. The number of hydrogen-bond acceptors (Lipinski definition) is 3. The van der Waals surface area contributed by atoms with E-state index in [-0.39, 0.29) is 17.7 Å². The van der Waals surface area contributed by atoms with Crippen molar-refractivity contribution in [1.82, 2.24) is 5.32 Å². The van der Waals surface area contributed by atoms with Crippen LogP contribution in [0.25, 0.3) is 0 Å². The fraction of sp³-hybridized carbons (Fsp3) is 0.417. The van der Waals surface area contributed by atoms with Crippen molar-refractivity contribution < 1.29 is 14.6 Å². The molecule has 0 saturated carbocycles. The Morgan fingerprint density at radius 1 is 1.59 bits per heavy atom. The smallest absolute Gasteiger partial charge is 0.255 e. The monoisotopic (exact) mass is 349 g/mol. The van der Waals surface area contributed by atoms with Gasteiger partial charge in [0.2, 0.25) is 0 Å². The van der Waals surface area contributed by atoms with Crippen molar-refractivity contribution in [2.24, 2.45) is 0 Å². The number of hydrogen-bond donors (Lipinski definition) is 2. The predicted molar refractivity (Wildman–Crippen MR) is 74.2 cm³/mol. The zero-order chi connectivity index (χ0) is 12.8. The third-order valence-corrected chi connectivity index (χ3v) is 3.07. The molecule has 1 rings (SSSR count). The Morgan fingerprint density at radius 2 is 2.29 bits per heavy atom. The molecule has 0 aliphatic carbocycles. The van der Waals surface area contributed by atoms with Gasteiger partial charge in [0, 0.05) is 10.7 Å². The Kier molecular flexibility index (Phi) is 5.70. The van der Waals surface area contributed by atoms with E-state index in [2.05, 4.69) is 27.9 Å². The van der Waals surface area contributed by atoms with Crippen LogP contribution in [0.2, 0.25) is 0 Å². The molecule has 1 unspecified atom stereocenters. The number of benzene rings is 1. The normalized spacial score (nSPS) is 12.2. The van der Waals surface area contributed by atoms with Gasteiger partial charge in [0.15, 0.2) is 0 Å². The van der Waals surface area contributed by atoms with Gasteiger partial charge in [0.25, 0.3) is 5.91 Å². The molecule has 0 aromatic heterocycles. The zero-order valence-electron chi connectivity index (χ0n) is 9.87. The summed E-state index contributed by atoms with van der Waals surface area (Å²) in [7, 11) is 1.59. The van der Waals surface area contributed by atoms with Gasteiger partial charge in [0.05, 0.1) is 18.2 Å². The van der Waals surface area contributed by atoms with Gasteiger partial charge in [-0.15, -0.1) is 0 Å². The summed E-state index contributed by atoms with van der Waals surface area (Å²) in [6.45, 7) is 2.44. The average molecular weight is 349 g/mol. The van der Waals surface area contributed by atoms with Crippen molar-refractivity contribution >= 4 is 28.5 Å². The van der Waals surface area contributed by atoms with Crippen LogP contribution in [0, 0.1) is 3.57 Å². The van der Waals surface area contributed by atoms with E-state index >= 15 is 0 Å². The first-order chi connectivity index (χ1) is 8.08. The first-order valence-electron chi connectivity index (χ1n) is 5.36. The van der Waals surface area contributed by atoms with Gasteiger partial charge >= 0.3 is 0 Å². The Balaban J connectivity index is 2.78. The molecule has 94 valence electrons. The number of amides is 1. The molecule has 1 amide bonds. The maximum Gasteiger partial charge on any atom is 0.255 e. The average Bonchev–Trinajstić information content (AvgIpc) is 2.31. The lowest BCUT2D eigenvalue weighted by atomic mass is 10.1. The van der Waals surface area contributed by atoms with Crippen molar-refractivity contribution in [3.05, 3.63) is 27.3 Å². The van der Waals surface area contributed by atoms with Crippen molar-refractivity contribution in [1.29, 1.82) is 0 Å². The van der Waals surface area contributed by atoms with Crippen molar-refractivity contribution in [2.45, 2.75) is 19.4 Å². The second-order valence-corrected chi connectivity index (χ2v) is 4.94. The summed E-state index contributed by atoms with van der Waals surface area (Å²) < 4.78 is 5.91. The Hall–Kier alpha value is -0.820. The molecule has 0 aliphatic rings. The van der Waals surface area contributed by atoms with E-state index in [9.17, 15) is 9.90 Å². The highest BCUT2D eigenvalue weighted by molar-refractivity contribution is 14.1. The maximum atomic E-state index is 11.9. The molecule has 4 nitrogen and oxygen atoms in total. The van der Waals surface area contributed by atoms with E-state index in [0.717, 1.165) is 9.99 Å². The number of ether oxygens (including phenoxy) is 1. The first-order valence-corrected chi connectivity index (χ1v) is 6.44. The number of rotatable bonds is 5. The minimum atomic E-state index is -0.273. The summed E-state index contributed by atoms with van der Waals surface area (Å²) in [4.78, 5) is 11.9. The van der Waals surface area contributed by atoms with Gasteiger partial charge < -0.3 is 15.2 Å². The van der Waals surface area contributed by atoms with Crippen molar-refractivity contribution in [3.63, 3.8) is 0 Å². The zero-order valence-corrected chi connectivity index (χ0v) is 12.0. The topological polar surface area (TPSA) is 58.6 Å². The molecule has 1 aromatic rings. The molecule has 5 heteroatoms. The third kappa shape index (κ3) is 4.16. The van der Waals surface area contributed by atoms with Crippen LogP contribution in [0.1, 0.15) is 23.7 Å². The van der Waals surface area contributed by atoms with Gasteiger partial charge in [0.1, 0.15) is 5.75 Å². The number of nitrogens with one attached hydrogen (secondary N) is 1. The maximum absolute atomic E-state index is 11.9. The van der Waals surface area contributed by atoms with Crippen molar-refractivity contribution in [3.8, 4) is 5.75 Å². The highest BCUT2D eigenvalue weighted by Gasteiger charge is 2.15. The number of halogens is 1. The van der Waals surface area contributed by atoms with E-state index in [4.69, 9.17) is 4.74 Å². The Bertz CT molecular complexity index is 395. The number of phenolic OH excluding ortho intramolecular Hbond substituents is 1. The molecular formula is C12H16INO3. The van der Waals surface area contributed by atoms with Gasteiger partial charge in [-0.3, -0.25) is 4.79 Å². The second-order valence-electron chi connectivity index (χ2n) is 3.70. The number of carbonyl (C=O) groups excluding carboxylic acids is 1. The van der Waals surface area contributed by atoms with Crippen LogP contribution in [0.15, 0.2) is 18.2 Å². The van der Waals surface area contributed by atoms with Gasteiger partial charge in [-0.25, -0.2) is 0 Å². The van der Waals surface area contributed by atoms with Gasteiger partial charge in [-0.2, -0.15) is 0 Å². The van der Waals surface area contributed by atoms with Crippen molar-refractivity contribution in [2.75, 3.05) is 13.7 Å². The Morgan fingerprint density at radius 3 is 2.88 bits per heavy atom. The minimum Gasteiger partial charge on any atom is -0.507 e. The molecule has 1 aromatic carbocycles. The SMILES string of the molecule is CCC(COC)NC(=O)c1cc(I)ccc1O. The number of carbonyl (C=O) groups is 1. The molecular weight excluding hydrogens is 333 g/mol. The molecule has 1 atom stereocenters. The lowest BCUT2D eigenvalue weighted by Crippen LogP contribution is -2.37. The molecule has 2 N–H and O–H groups in total. The molecule has 0 aliphatic heterocycles. The highest BCUT2D eigenvalue weighted by Crippen LogP contribution is 2.19. The van der Waals surface area contributed by atoms with Crippen LogP contribution in [-0.4, -0.2) is 30.8 Å². The summed E-state index contributed by atoms with van der Waals surface area (Å²) in [5.41, 5.74) is 0.298. The van der Waals surface area contributed by atoms with Gasteiger partial charge in [-0.1, -0.05) is 6.92 Å². The Labute approximate surface area is 115 Å². The fourth-order valence-electron chi connectivity index (χ4n) is 1.42. The predicted octanol–water partition coefficient (Wildman–Crippen LogP) is 2.15. The first kappa shape index (κ1) is 14.2. The molecule has 0 radical (unpaired) electrons. The summed E-state index contributed by atoms with van der Waals surface area (Å²) >= 11 is 2.10. The van der Waals surface area contributed by atoms with Crippen LogP contribution < -0.4 is 5.32 Å². The standard InChI is InChI=1S/C12H16INO3/c1-3-9(7-17-2)14-12(16)10-6-8(13)4-5-11(10)15/h4-6,9,15H,3,7H2,1-2H3,(H,14,16). The van der Waals surface area contributed by atoms with Gasteiger partial charge in [-0.05, 0) is 47.2 Å². The van der Waals surface area contributed by atoms with Crippen LogP contribution in [0.5, 0.6) is 5.75 Å². The van der Waals surface area contributed by atoms with E-state index in [1.54, 1.807) is 19.2 Å². The van der Waals surface area contributed by atoms with E-state index in [1.807, 2.05) is 6.92 Å². The summed E-state index contributed by atoms with van der Waals surface area (Å²) in [5, 5.41) is 12.5. The van der Waals surface area contributed by atoms with Crippen LogP contribution in [0.4, 0.5) is 0 Å². The van der Waals surface area contributed by atoms with Crippen LogP contribution in [-0.2, 0) is 4.74 Å². The quantitative estimate of drug-likeness (QED) is 0.801. The summed E-state index contributed by atoms with van der Waals surface area (Å²) in [6, 6.07) is 4.89. The summed E-state index contributed by atoms with van der Waals surface area (Å²) in [6.07, 6.45) is 0.782. The fourth-order valence-corrected chi connectivity index (χ4v) is 1.91. The summed E-state index contributed by atoms with van der Waals surface area (Å²) in [5.74, 6) is -0.278. The second kappa shape index (κ2) is 6.80. The van der Waals surface area contributed by atoms with E-state index < -0.39 is 0 Å². The number of methoxy groups -OCH3 is 1. The molecule has 17 heavy (non-hydrogen) atoms. The lowest BCUT2D eigenvalue weighted by molar-refractivity contribution is 0.0892. The van der Waals surface area contributed by atoms with E-state index in [0.29, 0.717) is 12.2 Å².